The molecule has 0 amide bonds. The van der Waals surface area contributed by atoms with E-state index in [1.54, 1.807) is 24.5 Å². The molecule has 0 saturated carbocycles. The molecule has 8 heteroatoms. The summed E-state index contributed by atoms with van der Waals surface area (Å²) in [5.74, 6) is 0.255. The van der Waals surface area contributed by atoms with E-state index in [2.05, 4.69) is 20.0 Å². The van der Waals surface area contributed by atoms with E-state index in [0.717, 1.165) is 26.6 Å². The highest BCUT2D eigenvalue weighted by Gasteiger charge is 2.13. The summed E-state index contributed by atoms with van der Waals surface area (Å²) in [4.78, 5) is 8.51. The SMILES string of the molecule is CN(C)S(=O)(=O)Nc1ccc(Nc2cccc3cccnc23)cn1. The lowest BCUT2D eigenvalue weighted by Crippen LogP contribution is -2.29. The minimum absolute atomic E-state index is 0.255. The van der Waals surface area contributed by atoms with Gasteiger partial charge in [-0.25, -0.2) is 4.98 Å². The summed E-state index contributed by atoms with van der Waals surface area (Å²) >= 11 is 0. The minimum atomic E-state index is -3.56. The van der Waals surface area contributed by atoms with Gasteiger partial charge in [0.15, 0.2) is 0 Å². The summed E-state index contributed by atoms with van der Waals surface area (Å²) in [6.45, 7) is 0. The molecule has 0 spiro atoms. The lowest BCUT2D eigenvalue weighted by atomic mass is 10.2. The van der Waals surface area contributed by atoms with Crippen molar-refractivity contribution in [3.8, 4) is 0 Å². The zero-order valence-corrected chi connectivity index (χ0v) is 14.1. The van der Waals surface area contributed by atoms with Crippen LogP contribution in [0.5, 0.6) is 0 Å². The Hall–Kier alpha value is -2.71. The number of rotatable bonds is 5. The zero-order valence-electron chi connectivity index (χ0n) is 13.3. The van der Waals surface area contributed by atoms with E-state index < -0.39 is 10.2 Å². The third-order valence-electron chi connectivity index (χ3n) is 3.39. The first kappa shape index (κ1) is 16.2. The maximum Gasteiger partial charge on any atom is 0.302 e. The highest BCUT2D eigenvalue weighted by Crippen LogP contribution is 2.24. The molecule has 2 N–H and O–H groups in total. The Labute approximate surface area is 140 Å². The average Bonchev–Trinajstić information content (AvgIpc) is 2.56. The molecule has 0 unspecified atom stereocenters. The Morgan fingerprint density at radius 2 is 1.79 bits per heavy atom. The first-order chi connectivity index (χ1) is 11.5. The second-order valence-corrected chi connectivity index (χ2v) is 7.21. The monoisotopic (exact) mass is 343 g/mol. The van der Waals surface area contributed by atoms with Crippen molar-refractivity contribution in [3.63, 3.8) is 0 Å². The van der Waals surface area contributed by atoms with E-state index >= 15 is 0 Å². The second kappa shape index (κ2) is 6.42. The maximum absolute atomic E-state index is 11.8. The lowest BCUT2D eigenvalue weighted by Gasteiger charge is -2.13. The normalized spacial score (nSPS) is 11.6. The summed E-state index contributed by atoms with van der Waals surface area (Å²) in [5.41, 5.74) is 2.45. The van der Waals surface area contributed by atoms with Gasteiger partial charge in [-0.05, 0) is 24.3 Å². The molecule has 2 heterocycles. The Morgan fingerprint density at radius 3 is 2.50 bits per heavy atom. The minimum Gasteiger partial charge on any atom is -0.352 e. The average molecular weight is 343 g/mol. The predicted octanol–water partition coefficient (Wildman–Crippen LogP) is 2.59. The number of hydrogen-bond donors (Lipinski definition) is 2. The quantitative estimate of drug-likeness (QED) is 0.743. The van der Waals surface area contributed by atoms with Gasteiger partial charge in [0.2, 0.25) is 0 Å². The molecule has 0 aliphatic heterocycles. The molecule has 24 heavy (non-hydrogen) atoms. The van der Waals surface area contributed by atoms with Gasteiger partial charge >= 0.3 is 10.2 Å². The van der Waals surface area contributed by atoms with Crippen molar-refractivity contribution in [1.82, 2.24) is 14.3 Å². The molecule has 0 aliphatic rings. The topological polar surface area (TPSA) is 87.2 Å². The molecule has 0 saturated heterocycles. The van der Waals surface area contributed by atoms with Gasteiger partial charge in [-0.15, -0.1) is 0 Å². The van der Waals surface area contributed by atoms with Crippen LogP contribution in [0.15, 0.2) is 54.9 Å². The molecule has 1 aromatic carbocycles. The maximum atomic E-state index is 11.8. The van der Waals surface area contributed by atoms with Crippen molar-refractivity contribution in [3.05, 3.63) is 54.9 Å². The first-order valence-electron chi connectivity index (χ1n) is 7.23. The summed E-state index contributed by atoms with van der Waals surface area (Å²) in [6.07, 6.45) is 3.31. The number of hydrogen-bond acceptors (Lipinski definition) is 5. The Bertz CT molecular complexity index is 950. The Balaban J connectivity index is 1.81. The summed E-state index contributed by atoms with van der Waals surface area (Å²) in [7, 11) is -0.661. The van der Waals surface area contributed by atoms with Crippen molar-refractivity contribution < 1.29 is 8.42 Å². The predicted molar refractivity (Wildman–Crippen MR) is 95.5 cm³/mol. The molecule has 3 rings (SSSR count). The van der Waals surface area contributed by atoms with Crippen LogP contribution in [0, 0.1) is 0 Å². The fourth-order valence-electron chi connectivity index (χ4n) is 2.11. The second-order valence-electron chi connectivity index (χ2n) is 5.33. The van der Waals surface area contributed by atoms with E-state index in [1.807, 2.05) is 30.3 Å². The Kier molecular flexibility index (Phi) is 4.32. The number of benzene rings is 1. The van der Waals surface area contributed by atoms with Crippen molar-refractivity contribution in [1.29, 1.82) is 0 Å². The van der Waals surface area contributed by atoms with E-state index in [0.29, 0.717) is 0 Å². The zero-order chi connectivity index (χ0) is 17.2. The van der Waals surface area contributed by atoms with Crippen molar-refractivity contribution in [2.75, 3.05) is 24.1 Å². The molecule has 3 aromatic rings. The number of nitrogens with zero attached hydrogens (tertiary/aromatic N) is 3. The molecule has 0 atom stereocenters. The van der Waals surface area contributed by atoms with E-state index in [9.17, 15) is 8.42 Å². The molecular formula is C16H17N5O2S. The van der Waals surface area contributed by atoms with Gasteiger partial charge in [-0.3, -0.25) is 9.71 Å². The number of pyridine rings is 2. The summed E-state index contributed by atoms with van der Waals surface area (Å²) in [6, 6.07) is 13.1. The number of fused-ring (bicyclic) bond motifs is 1. The molecule has 0 bridgehead atoms. The molecule has 124 valence electrons. The van der Waals surface area contributed by atoms with Gasteiger partial charge in [-0.2, -0.15) is 12.7 Å². The molecule has 0 fully saturated rings. The van der Waals surface area contributed by atoms with E-state index in [-0.39, 0.29) is 5.82 Å². The van der Waals surface area contributed by atoms with Crippen molar-refractivity contribution in [2.45, 2.75) is 0 Å². The van der Waals surface area contributed by atoms with Crippen LogP contribution in [0.25, 0.3) is 10.9 Å². The highest BCUT2D eigenvalue weighted by molar-refractivity contribution is 7.90. The van der Waals surface area contributed by atoms with Crippen molar-refractivity contribution >= 4 is 38.3 Å². The van der Waals surface area contributed by atoms with Gasteiger partial charge in [0.05, 0.1) is 23.1 Å². The van der Waals surface area contributed by atoms with Crippen molar-refractivity contribution in [2.24, 2.45) is 0 Å². The molecule has 7 nitrogen and oxygen atoms in total. The van der Waals surface area contributed by atoms with Gasteiger partial charge < -0.3 is 5.32 Å². The standard InChI is InChI=1S/C16H17N5O2S/c1-21(2)24(22,23)20-15-9-8-13(11-18-15)19-14-7-3-5-12-6-4-10-17-16(12)14/h3-11,19H,1-2H3,(H,18,20). The molecule has 2 aromatic heterocycles. The van der Waals surface area contributed by atoms with Crippen LogP contribution in [-0.4, -0.2) is 36.8 Å². The van der Waals surface area contributed by atoms with Gasteiger partial charge in [0.1, 0.15) is 5.82 Å². The molecule has 0 aliphatic carbocycles. The smallest absolute Gasteiger partial charge is 0.302 e. The van der Waals surface area contributed by atoms with Crippen LogP contribution in [-0.2, 0) is 10.2 Å². The number of para-hydroxylation sites is 1. The number of nitrogens with one attached hydrogen (secondary N) is 2. The highest BCUT2D eigenvalue weighted by atomic mass is 32.2. The molecular weight excluding hydrogens is 326 g/mol. The van der Waals surface area contributed by atoms with Crippen LogP contribution < -0.4 is 10.0 Å². The van der Waals surface area contributed by atoms with Crippen LogP contribution in [0.3, 0.4) is 0 Å². The van der Waals surface area contributed by atoms with E-state index in [4.69, 9.17) is 0 Å². The van der Waals surface area contributed by atoms with Gasteiger partial charge in [0.25, 0.3) is 0 Å². The third-order valence-corrected chi connectivity index (χ3v) is 4.82. The van der Waals surface area contributed by atoms with Crippen LogP contribution in [0.2, 0.25) is 0 Å². The summed E-state index contributed by atoms with van der Waals surface area (Å²) in [5, 5.41) is 4.28. The van der Waals surface area contributed by atoms with E-state index in [1.165, 1.54) is 14.1 Å². The van der Waals surface area contributed by atoms with Crippen LogP contribution in [0.1, 0.15) is 0 Å². The lowest BCUT2D eigenvalue weighted by molar-refractivity contribution is 0.526. The number of aromatic nitrogens is 2. The number of anilines is 3. The van der Waals surface area contributed by atoms with Crippen LogP contribution in [0.4, 0.5) is 17.2 Å². The summed E-state index contributed by atoms with van der Waals surface area (Å²) < 4.78 is 27.0. The van der Waals surface area contributed by atoms with Gasteiger partial charge in [-0.1, -0.05) is 18.2 Å². The molecule has 0 radical (unpaired) electrons. The fraction of sp³-hybridized carbons (Fsp3) is 0.125. The first-order valence-corrected chi connectivity index (χ1v) is 8.67. The van der Waals surface area contributed by atoms with Crippen LogP contribution >= 0.6 is 0 Å². The van der Waals surface area contributed by atoms with Gasteiger partial charge in [0, 0.05) is 25.7 Å². The largest absolute Gasteiger partial charge is 0.352 e. The Morgan fingerprint density at radius 1 is 1.00 bits per heavy atom. The fourth-order valence-corrected chi connectivity index (χ4v) is 2.68. The third kappa shape index (κ3) is 3.44.